The van der Waals surface area contributed by atoms with Gasteiger partial charge in [0.05, 0.1) is 23.1 Å². The lowest BCUT2D eigenvalue weighted by Gasteiger charge is -2.32. The highest BCUT2D eigenvalue weighted by molar-refractivity contribution is 6.62. The van der Waals surface area contributed by atoms with Crippen molar-refractivity contribution in [1.29, 1.82) is 0 Å². The molecule has 0 unspecified atom stereocenters. The monoisotopic (exact) mass is 395 g/mol. The van der Waals surface area contributed by atoms with Crippen LogP contribution in [0.15, 0.2) is 42.7 Å². The molecule has 0 spiro atoms. The van der Waals surface area contributed by atoms with Gasteiger partial charge in [0, 0.05) is 6.20 Å². The molecule has 29 heavy (non-hydrogen) atoms. The lowest BCUT2D eigenvalue weighted by molar-refractivity contribution is 0.00578. The van der Waals surface area contributed by atoms with Crippen LogP contribution in [-0.2, 0) is 9.31 Å². The molecule has 4 rings (SSSR count). The molecule has 0 radical (unpaired) electrons. The first-order valence-electron chi connectivity index (χ1n) is 9.47. The van der Waals surface area contributed by atoms with Crippen LogP contribution in [-0.4, -0.2) is 33.6 Å². The number of carbonyl (C=O) groups excluding carboxylic acids is 1. The van der Waals surface area contributed by atoms with E-state index in [1.165, 1.54) is 12.3 Å². The summed E-state index contributed by atoms with van der Waals surface area (Å²) < 4.78 is 27.8. The summed E-state index contributed by atoms with van der Waals surface area (Å²) in [7, 11) is -0.514. The quantitative estimate of drug-likeness (QED) is 0.691. The van der Waals surface area contributed by atoms with Gasteiger partial charge in [0.15, 0.2) is 0 Å². The summed E-state index contributed by atoms with van der Waals surface area (Å²) in [5.74, 6) is -0.925. The van der Waals surface area contributed by atoms with Gasteiger partial charge in [-0.05, 0) is 69.9 Å². The van der Waals surface area contributed by atoms with Crippen LogP contribution in [0.5, 0.6) is 0 Å². The van der Waals surface area contributed by atoms with Gasteiger partial charge in [-0.2, -0.15) is 0 Å². The summed E-state index contributed by atoms with van der Waals surface area (Å²) in [6.45, 7) is 9.81. The molecular formula is C21H23BFN3O3. The van der Waals surface area contributed by atoms with Gasteiger partial charge in [-0.15, -0.1) is 0 Å². The van der Waals surface area contributed by atoms with E-state index in [0.29, 0.717) is 11.3 Å². The Morgan fingerprint density at radius 1 is 1.14 bits per heavy atom. The Balaban J connectivity index is 1.60. The zero-order valence-electron chi connectivity index (χ0n) is 17.1. The average molecular weight is 395 g/mol. The van der Waals surface area contributed by atoms with E-state index in [9.17, 15) is 9.18 Å². The maximum Gasteiger partial charge on any atom is 0.495 e. The number of pyridine rings is 1. The van der Waals surface area contributed by atoms with Gasteiger partial charge in [0.2, 0.25) is 0 Å². The molecule has 0 saturated carbocycles. The van der Waals surface area contributed by atoms with E-state index in [4.69, 9.17) is 9.31 Å². The molecular weight excluding hydrogens is 372 g/mol. The molecule has 6 nitrogen and oxygen atoms in total. The molecule has 1 amide bonds. The molecule has 8 heteroatoms. The molecule has 3 aromatic rings. The average Bonchev–Trinajstić information content (AvgIpc) is 3.15. The number of nitrogens with zero attached hydrogens (tertiary/aromatic N) is 2. The second-order valence-corrected chi connectivity index (χ2v) is 8.36. The number of hydrogen-bond acceptors (Lipinski definition) is 4. The smallest absolute Gasteiger partial charge is 0.399 e. The molecule has 0 atom stereocenters. The SMILES string of the molecule is Cc1ccc(F)c(NC(=O)c2cnc3cc(B4OC(C)(C)C(C)(C)O4)ccn23)c1. The number of carbonyl (C=O) groups is 1. The van der Waals surface area contributed by atoms with Crippen LogP contribution in [0.2, 0.25) is 0 Å². The summed E-state index contributed by atoms with van der Waals surface area (Å²) in [4.78, 5) is 17.0. The van der Waals surface area contributed by atoms with Crippen molar-refractivity contribution in [2.75, 3.05) is 5.32 Å². The first-order valence-corrected chi connectivity index (χ1v) is 9.47. The minimum absolute atomic E-state index is 0.138. The Labute approximate surface area is 169 Å². The Morgan fingerprint density at radius 3 is 2.52 bits per heavy atom. The molecule has 1 fully saturated rings. The number of benzene rings is 1. The van der Waals surface area contributed by atoms with Gasteiger partial charge in [-0.1, -0.05) is 6.07 Å². The second kappa shape index (κ2) is 6.67. The number of anilines is 1. The predicted octanol–water partition coefficient (Wildman–Crippen LogP) is 3.33. The lowest BCUT2D eigenvalue weighted by atomic mass is 9.80. The van der Waals surface area contributed by atoms with E-state index >= 15 is 0 Å². The Kier molecular flexibility index (Phi) is 4.51. The van der Waals surface area contributed by atoms with Crippen molar-refractivity contribution in [1.82, 2.24) is 9.38 Å². The molecule has 1 saturated heterocycles. The van der Waals surface area contributed by atoms with E-state index in [1.807, 2.05) is 46.8 Å². The third-order valence-electron chi connectivity index (χ3n) is 5.67. The third kappa shape index (κ3) is 3.43. The number of aryl methyl sites for hydroxylation is 1. The van der Waals surface area contributed by atoms with Crippen LogP contribution in [0, 0.1) is 12.7 Å². The molecule has 3 heterocycles. The fourth-order valence-corrected chi connectivity index (χ4v) is 3.21. The number of amides is 1. The summed E-state index contributed by atoms with van der Waals surface area (Å²) in [6.07, 6.45) is 3.20. The molecule has 150 valence electrons. The van der Waals surface area contributed by atoms with Gasteiger partial charge in [-0.25, -0.2) is 9.37 Å². The number of aromatic nitrogens is 2. The van der Waals surface area contributed by atoms with Crippen LogP contribution in [0.4, 0.5) is 10.1 Å². The minimum atomic E-state index is -0.514. The van der Waals surface area contributed by atoms with E-state index in [2.05, 4.69) is 10.3 Å². The zero-order chi connectivity index (χ0) is 21.0. The summed E-state index contributed by atoms with van der Waals surface area (Å²) >= 11 is 0. The fraction of sp³-hybridized carbons (Fsp3) is 0.333. The van der Waals surface area contributed by atoms with Crippen molar-refractivity contribution in [3.05, 3.63) is 59.8 Å². The normalized spacial score (nSPS) is 17.7. The summed E-state index contributed by atoms with van der Waals surface area (Å²) in [5.41, 5.74) is 1.81. The van der Waals surface area contributed by atoms with E-state index in [-0.39, 0.29) is 5.69 Å². The minimum Gasteiger partial charge on any atom is -0.399 e. The molecule has 1 aliphatic rings. The largest absolute Gasteiger partial charge is 0.495 e. The molecule has 0 aliphatic carbocycles. The highest BCUT2D eigenvalue weighted by atomic mass is 19.1. The van der Waals surface area contributed by atoms with Gasteiger partial charge in [0.1, 0.15) is 17.2 Å². The van der Waals surface area contributed by atoms with E-state index in [0.717, 1.165) is 11.0 Å². The Hall–Kier alpha value is -2.71. The van der Waals surface area contributed by atoms with E-state index in [1.54, 1.807) is 22.7 Å². The third-order valence-corrected chi connectivity index (χ3v) is 5.67. The first kappa shape index (κ1) is 19.6. The standard InChI is InChI=1S/C21H23BFN3O3/c1-13-6-7-15(23)16(10-13)25-19(27)17-12-24-18-11-14(8-9-26(17)18)22-28-20(2,3)21(4,5)29-22/h6-12H,1-5H3,(H,25,27). The summed E-state index contributed by atoms with van der Waals surface area (Å²) in [5, 5.41) is 2.61. The number of rotatable bonds is 3. The lowest BCUT2D eigenvalue weighted by Crippen LogP contribution is -2.41. The predicted molar refractivity (Wildman–Crippen MR) is 110 cm³/mol. The summed E-state index contributed by atoms with van der Waals surface area (Å²) in [6, 6.07) is 8.23. The Morgan fingerprint density at radius 2 is 1.83 bits per heavy atom. The Bertz CT molecular complexity index is 1090. The van der Waals surface area contributed by atoms with Crippen LogP contribution in [0.25, 0.3) is 5.65 Å². The van der Waals surface area contributed by atoms with Crippen molar-refractivity contribution < 1.29 is 18.5 Å². The second-order valence-electron chi connectivity index (χ2n) is 8.36. The van der Waals surface area contributed by atoms with E-state index < -0.39 is 30.0 Å². The van der Waals surface area contributed by atoms with Gasteiger partial charge in [0.25, 0.3) is 5.91 Å². The number of halogens is 1. The van der Waals surface area contributed by atoms with Crippen molar-refractivity contribution >= 4 is 29.8 Å². The molecule has 1 aliphatic heterocycles. The van der Waals surface area contributed by atoms with Gasteiger partial charge in [-0.3, -0.25) is 9.20 Å². The highest BCUT2D eigenvalue weighted by Gasteiger charge is 2.51. The van der Waals surface area contributed by atoms with Crippen molar-refractivity contribution in [2.45, 2.75) is 45.8 Å². The van der Waals surface area contributed by atoms with Crippen molar-refractivity contribution in [2.24, 2.45) is 0 Å². The molecule has 1 N–H and O–H groups in total. The van der Waals surface area contributed by atoms with Crippen LogP contribution >= 0.6 is 0 Å². The number of nitrogens with one attached hydrogen (secondary N) is 1. The fourth-order valence-electron chi connectivity index (χ4n) is 3.21. The number of hydrogen-bond donors (Lipinski definition) is 1. The number of imidazole rings is 1. The van der Waals surface area contributed by atoms with Crippen LogP contribution < -0.4 is 10.8 Å². The topological polar surface area (TPSA) is 64.9 Å². The molecule has 0 bridgehead atoms. The highest BCUT2D eigenvalue weighted by Crippen LogP contribution is 2.36. The molecule has 1 aromatic carbocycles. The zero-order valence-corrected chi connectivity index (χ0v) is 17.1. The van der Waals surface area contributed by atoms with Crippen LogP contribution in [0.1, 0.15) is 43.7 Å². The first-order chi connectivity index (χ1) is 13.6. The van der Waals surface area contributed by atoms with Crippen LogP contribution in [0.3, 0.4) is 0 Å². The molecule has 2 aromatic heterocycles. The maximum absolute atomic E-state index is 14.0. The number of fused-ring (bicyclic) bond motifs is 1. The van der Waals surface area contributed by atoms with Gasteiger partial charge < -0.3 is 14.6 Å². The van der Waals surface area contributed by atoms with Crippen molar-refractivity contribution in [3.63, 3.8) is 0 Å². The maximum atomic E-state index is 14.0. The van der Waals surface area contributed by atoms with Gasteiger partial charge >= 0.3 is 7.12 Å². The van der Waals surface area contributed by atoms with Crippen molar-refractivity contribution in [3.8, 4) is 0 Å².